The summed E-state index contributed by atoms with van der Waals surface area (Å²) in [5.41, 5.74) is 8.58. The standard InChI is InChI=1S/C26H35ClN4O4/c1-4-33-22-15-19(16-23(34-5-2)25(22)35-6-3)26(32)31-13-11-30(12-14-31)24-17-21(28-29-24)18-7-9-20(27)10-8-18/h7-10,15-16,21,24,28-29H,4-6,11-14,17H2,1-3H3. The molecular weight excluding hydrogens is 468 g/mol. The summed E-state index contributed by atoms with van der Waals surface area (Å²) in [6.45, 7) is 10.1. The lowest BCUT2D eigenvalue weighted by Crippen LogP contribution is -2.55. The minimum absolute atomic E-state index is 0.0221. The Morgan fingerprint density at radius 3 is 2.09 bits per heavy atom. The van der Waals surface area contributed by atoms with E-state index < -0.39 is 0 Å². The summed E-state index contributed by atoms with van der Waals surface area (Å²) >= 11 is 6.03. The van der Waals surface area contributed by atoms with Gasteiger partial charge >= 0.3 is 0 Å². The van der Waals surface area contributed by atoms with Crippen LogP contribution in [0, 0.1) is 0 Å². The average molecular weight is 503 g/mol. The van der Waals surface area contributed by atoms with Crippen molar-refractivity contribution in [3.05, 3.63) is 52.5 Å². The molecule has 0 spiro atoms. The minimum Gasteiger partial charge on any atom is -0.490 e. The molecule has 2 atom stereocenters. The second-order valence-electron chi connectivity index (χ2n) is 8.57. The zero-order chi connectivity index (χ0) is 24.8. The van der Waals surface area contributed by atoms with Crippen LogP contribution in [0.2, 0.25) is 5.02 Å². The van der Waals surface area contributed by atoms with Gasteiger partial charge in [-0.3, -0.25) is 9.69 Å². The van der Waals surface area contributed by atoms with Gasteiger partial charge in [0.15, 0.2) is 11.5 Å². The lowest BCUT2D eigenvalue weighted by atomic mass is 10.0. The molecule has 0 aliphatic carbocycles. The SMILES string of the molecule is CCOc1cc(C(=O)N2CCN(C3CC(c4ccc(Cl)cc4)NN3)CC2)cc(OCC)c1OCC. The predicted octanol–water partition coefficient (Wildman–Crippen LogP) is 3.86. The zero-order valence-corrected chi connectivity index (χ0v) is 21.4. The highest BCUT2D eigenvalue weighted by molar-refractivity contribution is 6.30. The van der Waals surface area contributed by atoms with Crippen LogP contribution in [0.15, 0.2) is 36.4 Å². The third-order valence-corrected chi connectivity index (χ3v) is 6.61. The fourth-order valence-electron chi connectivity index (χ4n) is 4.62. The van der Waals surface area contributed by atoms with Gasteiger partial charge in [-0.1, -0.05) is 23.7 Å². The molecule has 0 bridgehead atoms. The first-order valence-electron chi connectivity index (χ1n) is 12.4. The maximum atomic E-state index is 13.4. The summed E-state index contributed by atoms with van der Waals surface area (Å²) in [4.78, 5) is 17.7. The second kappa shape index (κ2) is 11.9. The summed E-state index contributed by atoms with van der Waals surface area (Å²) < 4.78 is 17.3. The van der Waals surface area contributed by atoms with Crippen molar-refractivity contribution in [3.8, 4) is 17.2 Å². The maximum absolute atomic E-state index is 13.4. The van der Waals surface area contributed by atoms with Crippen LogP contribution in [0.3, 0.4) is 0 Å². The smallest absolute Gasteiger partial charge is 0.254 e. The highest BCUT2D eigenvalue weighted by Crippen LogP contribution is 2.39. The largest absolute Gasteiger partial charge is 0.490 e. The van der Waals surface area contributed by atoms with E-state index in [1.165, 1.54) is 5.56 Å². The number of benzene rings is 2. The van der Waals surface area contributed by atoms with Crippen molar-refractivity contribution in [1.29, 1.82) is 0 Å². The Kier molecular flexibility index (Phi) is 8.73. The van der Waals surface area contributed by atoms with E-state index in [1.807, 2.05) is 37.8 Å². The van der Waals surface area contributed by atoms with Crippen LogP contribution in [0.4, 0.5) is 0 Å². The number of piperazine rings is 1. The van der Waals surface area contributed by atoms with Crippen molar-refractivity contribution in [2.75, 3.05) is 46.0 Å². The van der Waals surface area contributed by atoms with Crippen LogP contribution < -0.4 is 25.1 Å². The Balaban J connectivity index is 1.39. The number of hydrogen-bond acceptors (Lipinski definition) is 7. The molecule has 2 heterocycles. The van der Waals surface area contributed by atoms with Gasteiger partial charge in [0, 0.05) is 42.8 Å². The Hall–Kier alpha value is -2.52. The molecule has 0 aromatic heterocycles. The molecule has 2 N–H and O–H groups in total. The van der Waals surface area contributed by atoms with Crippen molar-refractivity contribution < 1.29 is 19.0 Å². The number of hydrazine groups is 1. The van der Waals surface area contributed by atoms with E-state index in [0.717, 1.165) is 24.5 Å². The number of ether oxygens (including phenoxy) is 3. The average Bonchev–Trinajstić information content (AvgIpc) is 3.36. The third-order valence-electron chi connectivity index (χ3n) is 6.35. The number of hydrogen-bond donors (Lipinski definition) is 2. The summed E-state index contributed by atoms with van der Waals surface area (Å²) in [6.07, 6.45) is 1.16. The van der Waals surface area contributed by atoms with Gasteiger partial charge in [-0.2, -0.15) is 0 Å². The molecule has 35 heavy (non-hydrogen) atoms. The first kappa shape index (κ1) is 25.6. The van der Waals surface area contributed by atoms with Crippen LogP contribution in [-0.2, 0) is 0 Å². The number of rotatable bonds is 9. The molecule has 2 aliphatic rings. The molecule has 1 amide bonds. The molecule has 9 heteroatoms. The Morgan fingerprint density at radius 1 is 0.914 bits per heavy atom. The van der Waals surface area contributed by atoms with Gasteiger partial charge in [-0.05, 0) is 57.0 Å². The molecule has 0 radical (unpaired) electrons. The van der Waals surface area contributed by atoms with Crippen LogP contribution in [0.5, 0.6) is 17.2 Å². The molecular formula is C26H35ClN4O4. The first-order chi connectivity index (χ1) is 17.0. The van der Waals surface area contributed by atoms with Crippen molar-refractivity contribution >= 4 is 17.5 Å². The van der Waals surface area contributed by atoms with Gasteiger partial charge in [-0.25, -0.2) is 10.9 Å². The van der Waals surface area contributed by atoms with Crippen molar-refractivity contribution in [1.82, 2.24) is 20.7 Å². The number of amides is 1. The Labute approximate surface area is 212 Å². The molecule has 2 aromatic rings. The van der Waals surface area contributed by atoms with Crippen molar-refractivity contribution in [3.63, 3.8) is 0 Å². The van der Waals surface area contributed by atoms with E-state index in [1.54, 1.807) is 12.1 Å². The lowest BCUT2D eigenvalue weighted by molar-refractivity contribution is 0.0544. The van der Waals surface area contributed by atoms with Gasteiger partial charge in [-0.15, -0.1) is 0 Å². The lowest BCUT2D eigenvalue weighted by Gasteiger charge is -2.37. The fraction of sp³-hybridized carbons (Fsp3) is 0.500. The maximum Gasteiger partial charge on any atom is 0.254 e. The Bertz CT molecular complexity index is 968. The Morgan fingerprint density at radius 2 is 1.51 bits per heavy atom. The molecule has 2 aromatic carbocycles. The second-order valence-corrected chi connectivity index (χ2v) is 9.01. The van der Waals surface area contributed by atoms with Gasteiger partial charge in [0.05, 0.1) is 26.0 Å². The molecule has 2 fully saturated rings. The highest BCUT2D eigenvalue weighted by Gasteiger charge is 2.33. The topological polar surface area (TPSA) is 75.3 Å². The first-order valence-corrected chi connectivity index (χ1v) is 12.8. The third kappa shape index (κ3) is 6.01. The van der Waals surface area contributed by atoms with Crippen LogP contribution in [0.25, 0.3) is 0 Å². The van der Waals surface area contributed by atoms with E-state index in [9.17, 15) is 4.79 Å². The van der Waals surface area contributed by atoms with E-state index in [0.29, 0.717) is 55.7 Å². The van der Waals surface area contributed by atoms with Gasteiger partial charge < -0.3 is 19.1 Å². The van der Waals surface area contributed by atoms with E-state index in [2.05, 4.69) is 27.9 Å². The molecule has 190 valence electrons. The zero-order valence-electron chi connectivity index (χ0n) is 20.7. The van der Waals surface area contributed by atoms with Gasteiger partial charge in [0.1, 0.15) is 0 Å². The normalized spacial score (nSPS) is 20.6. The number of nitrogens with one attached hydrogen (secondary N) is 2. The van der Waals surface area contributed by atoms with Gasteiger partial charge in [0.2, 0.25) is 5.75 Å². The summed E-state index contributed by atoms with van der Waals surface area (Å²) in [5, 5.41) is 0.742. The number of carbonyl (C=O) groups excluding carboxylic acids is 1. The molecule has 2 unspecified atom stereocenters. The van der Waals surface area contributed by atoms with E-state index >= 15 is 0 Å². The number of carbonyl (C=O) groups is 1. The predicted molar refractivity (Wildman–Crippen MR) is 136 cm³/mol. The van der Waals surface area contributed by atoms with Gasteiger partial charge in [0.25, 0.3) is 5.91 Å². The molecule has 4 rings (SSSR count). The van der Waals surface area contributed by atoms with Crippen molar-refractivity contribution in [2.45, 2.75) is 39.4 Å². The number of nitrogens with zero attached hydrogens (tertiary/aromatic N) is 2. The van der Waals surface area contributed by atoms with Crippen LogP contribution in [0.1, 0.15) is 49.2 Å². The molecule has 2 aliphatic heterocycles. The van der Waals surface area contributed by atoms with Crippen LogP contribution >= 0.6 is 11.6 Å². The highest BCUT2D eigenvalue weighted by atomic mass is 35.5. The molecule has 0 saturated carbocycles. The summed E-state index contributed by atoms with van der Waals surface area (Å²) in [5.74, 6) is 1.60. The molecule has 8 nitrogen and oxygen atoms in total. The van der Waals surface area contributed by atoms with Crippen molar-refractivity contribution in [2.24, 2.45) is 0 Å². The minimum atomic E-state index is -0.0221. The van der Waals surface area contributed by atoms with E-state index in [-0.39, 0.29) is 18.1 Å². The monoisotopic (exact) mass is 502 g/mol. The van der Waals surface area contributed by atoms with E-state index in [4.69, 9.17) is 25.8 Å². The summed E-state index contributed by atoms with van der Waals surface area (Å²) in [7, 11) is 0. The van der Waals surface area contributed by atoms with Crippen LogP contribution in [-0.4, -0.2) is 67.9 Å². The quantitative estimate of drug-likeness (QED) is 0.539. The fourth-order valence-corrected chi connectivity index (χ4v) is 4.75. The summed E-state index contributed by atoms with van der Waals surface area (Å²) in [6, 6.07) is 11.7. The number of halogens is 1. The molecule has 2 saturated heterocycles.